The first kappa shape index (κ1) is 25.5. The van der Waals surface area contributed by atoms with Crippen molar-refractivity contribution in [1.82, 2.24) is 4.57 Å². The Bertz CT molecular complexity index is 2330. The summed E-state index contributed by atoms with van der Waals surface area (Å²) < 4.78 is 2.10. The van der Waals surface area contributed by atoms with E-state index in [0.29, 0.717) is 28.1 Å². The molecule has 0 N–H and O–H groups in total. The zero-order valence-corrected chi connectivity index (χ0v) is 23.4. The molecule has 0 unspecified atom stereocenters. The predicted molar refractivity (Wildman–Crippen MR) is 174 cm³/mol. The monoisotopic (exact) mass is 565 g/mol. The maximum atomic E-state index is 14.3. The Morgan fingerprint density at radius 2 is 1.23 bits per heavy atom. The molecule has 44 heavy (non-hydrogen) atoms. The fraction of sp³-hybridized carbons (Fsp3) is 0. The lowest BCUT2D eigenvalue weighted by Gasteiger charge is -2.16. The lowest BCUT2D eigenvalue weighted by Crippen LogP contribution is -2.29. The number of benzene rings is 6. The molecule has 7 aromatic rings. The standard InChI is InChI=1S/C39H23N3O2/c40-24-25-19-21-27(22-20-25)30-14-7-15-32-31-13-4-5-17-34(31)42(37(30)32)35-18-8-16-33-36(35)39(44)41(38(33)43)29-12-6-11-28(23-29)26-9-2-1-3-10-26/h1-23H. The first-order valence-electron chi connectivity index (χ1n) is 14.3. The van der Waals surface area contributed by atoms with E-state index < -0.39 is 0 Å². The van der Waals surface area contributed by atoms with Crippen LogP contribution >= 0.6 is 0 Å². The summed E-state index contributed by atoms with van der Waals surface area (Å²) in [7, 11) is 0. The van der Waals surface area contributed by atoms with E-state index in [4.69, 9.17) is 0 Å². The van der Waals surface area contributed by atoms with Crippen molar-refractivity contribution in [3.05, 3.63) is 156 Å². The van der Waals surface area contributed by atoms with Crippen LogP contribution in [0.15, 0.2) is 140 Å². The number of hydrogen-bond acceptors (Lipinski definition) is 3. The van der Waals surface area contributed by atoms with Crippen LogP contribution in [0.1, 0.15) is 26.3 Å². The van der Waals surface area contributed by atoms with Gasteiger partial charge in [0.15, 0.2) is 0 Å². The number of para-hydroxylation sites is 2. The maximum absolute atomic E-state index is 14.3. The number of anilines is 1. The summed E-state index contributed by atoms with van der Waals surface area (Å²) in [5.74, 6) is -0.697. The van der Waals surface area contributed by atoms with E-state index in [-0.39, 0.29) is 11.8 Å². The first-order valence-corrected chi connectivity index (χ1v) is 14.3. The molecule has 6 aromatic carbocycles. The van der Waals surface area contributed by atoms with Crippen LogP contribution in [0.2, 0.25) is 0 Å². The fourth-order valence-electron chi connectivity index (χ4n) is 6.37. The Labute approximate surface area is 253 Å². The van der Waals surface area contributed by atoms with Crippen molar-refractivity contribution in [2.75, 3.05) is 4.90 Å². The highest BCUT2D eigenvalue weighted by Gasteiger charge is 2.39. The lowest BCUT2D eigenvalue weighted by molar-refractivity contribution is 0.0926. The van der Waals surface area contributed by atoms with Crippen LogP contribution in [-0.4, -0.2) is 16.4 Å². The highest BCUT2D eigenvalue weighted by Crippen LogP contribution is 2.41. The van der Waals surface area contributed by atoms with Crippen molar-refractivity contribution in [3.63, 3.8) is 0 Å². The molecule has 0 radical (unpaired) electrons. The Morgan fingerprint density at radius 3 is 2.05 bits per heavy atom. The summed E-state index contributed by atoms with van der Waals surface area (Å²) in [6.45, 7) is 0. The molecule has 206 valence electrons. The van der Waals surface area contributed by atoms with Crippen molar-refractivity contribution in [2.24, 2.45) is 0 Å². The maximum Gasteiger partial charge on any atom is 0.268 e. The summed E-state index contributed by atoms with van der Waals surface area (Å²) in [5, 5.41) is 11.4. The minimum Gasteiger partial charge on any atom is -0.308 e. The SMILES string of the molecule is N#Cc1ccc(-c2cccc3c4ccccc4n(-c4cccc5c4C(=O)N(c4cccc(-c6ccccc6)c4)C5=O)c23)cc1. The van der Waals surface area contributed by atoms with Gasteiger partial charge in [0, 0.05) is 16.3 Å². The van der Waals surface area contributed by atoms with E-state index in [0.717, 1.165) is 44.1 Å². The van der Waals surface area contributed by atoms with E-state index in [9.17, 15) is 14.9 Å². The van der Waals surface area contributed by atoms with Gasteiger partial charge in [-0.1, -0.05) is 97.1 Å². The van der Waals surface area contributed by atoms with Crippen LogP contribution in [0.25, 0.3) is 49.7 Å². The topological polar surface area (TPSA) is 66.1 Å². The van der Waals surface area contributed by atoms with Crippen LogP contribution in [0.3, 0.4) is 0 Å². The summed E-state index contributed by atoms with van der Waals surface area (Å²) in [5.41, 5.74) is 8.22. The minimum atomic E-state index is -0.354. The van der Waals surface area contributed by atoms with Gasteiger partial charge in [-0.2, -0.15) is 5.26 Å². The molecule has 0 fully saturated rings. The Balaban J connectivity index is 1.35. The molecule has 5 heteroatoms. The Hall–Kier alpha value is -6.25. The molecule has 1 aromatic heterocycles. The summed E-state index contributed by atoms with van der Waals surface area (Å²) in [6, 6.07) is 46.9. The second kappa shape index (κ2) is 9.94. The molecule has 0 bridgehead atoms. The number of carbonyl (C=O) groups excluding carboxylic acids is 2. The number of amides is 2. The van der Waals surface area contributed by atoms with Gasteiger partial charge in [-0.05, 0) is 59.2 Å². The number of carbonyl (C=O) groups is 2. The third kappa shape index (κ3) is 3.79. The van der Waals surface area contributed by atoms with Crippen molar-refractivity contribution >= 4 is 39.3 Å². The van der Waals surface area contributed by atoms with Crippen LogP contribution < -0.4 is 4.90 Å². The quantitative estimate of drug-likeness (QED) is 0.200. The van der Waals surface area contributed by atoms with Gasteiger partial charge in [-0.3, -0.25) is 9.59 Å². The van der Waals surface area contributed by atoms with Gasteiger partial charge in [-0.15, -0.1) is 0 Å². The van der Waals surface area contributed by atoms with Gasteiger partial charge in [0.1, 0.15) is 0 Å². The molecule has 0 saturated carbocycles. The summed E-state index contributed by atoms with van der Waals surface area (Å²) in [4.78, 5) is 29.5. The molecule has 0 saturated heterocycles. The van der Waals surface area contributed by atoms with Gasteiger partial charge in [0.2, 0.25) is 0 Å². The Morgan fingerprint density at radius 1 is 0.545 bits per heavy atom. The molecule has 2 amide bonds. The molecule has 0 spiro atoms. The normalized spacial score (nSPS) is 12.6. The zero-order chi connectivity index (χ0) is 29.8. The number of hydrogen-bond donors (Lipinski definition) is 0. The molecule has 8 rings (SSSR count). The third-order valence-corrected chi connectivity index (χ3v) is 8.37. The van der Waals surface area contributed by atoms with Gasteiger partial charge in [0.25, 0.3) is 11.8 Å². The smallest absolute Gasteiger partial charge is 0.268 e. The fourth-order valence-corrected chi connectivity index (χ4v) is 6.37. The first-order chi connectivity index (χ1) is 21.6. The summed E-state index contributed by atoms with van der Waals surface area (Å²) in [6.07, 6.45) is 0. The van der Waals surface area contributed by atoms with E-state index in [1.165, 1.54) is 4.90 Å². The van der Waals surface area contributed by atoms with Gasteiger partial charge >= 0.3 is 0 Å². The van der Waals surface area contributed by atoms with Gasteiger partial charge in [0.05, 0.1) is 45.2 Å². The molecule has 1 aliphatic rings. The largest absolute Gasteiger partial charge is 0.308 e. The van der Waals surface area contributed by atoms with E-state index in [2.05, 4.69) is 28.8 Å². The molecule has 5 nitrogen and oxygen atoms in total. The number of nitriles is 1. The zero-order valence-electron chi connectivity index (χ0n) is 23.4. The molecule has 0 aliphatic carbocycles. The number of fused-ring (bicyclic) bond motifs is 4. The molecule has 1 aliphatic heterocycles. The molecule has 0 atom stereocenters. The third-order valence-electron chi connectivity index (χ3n) is 8.37. The average molecular weight is 566 g/mol. The lowest BCUT2D eigenvalue weighted by atomic mass is 10.0. The van der Waals surface area contributed by atoms with E-state index >= 15 is 0 Å². The highest BCUT2D eigenvalue weighted by atomic mass is 16.2. The Kier molecular flexibility index (Phi) is 5.75. The van der Waals surface area contributed by atoms with E-state index in [1.807, 2.05) is 109 Å². The molecular formula is C39H23N3O2. The van der Waals surface area contributed by atoms with E-state index in [1.54, 1.807) is 12.1 Å². The van der Waals surface area contributed by atoms with Crippen molar-refractivity contribution in [3.8, 4) is 34.0 Å². The van der Waals surface area contributed by atoms with Gasteiger partial charge in [-0.25, -0.2) is 4.90 Å². The minimum absolute atomic E-state index is 0.342. The number of aromatic nitrogens is 1. The van der Waals surface area contributed by atoms with Crippen molar-refractivity contribution < 1.29 is 9.59 Å². The second-order valence-corrected chi connectivity index (χ2v) is 10.8. The van der Waals surface area contributed by atoms with Crippen LogP contribution in [0.5, 0.6) is 0 Å². The van der Waals surface area contributed by atoms with Gasteiger partial charge < -0.3 is 4.57 Å². The van der Waals surface area contributed by atoms with Crippen molar-refractivity contribution in [2.45, 2.75) is 0 Å². The predicted octanol–water partition coefficient (Wildman–Crippen LogP) is 8.79. The van der Waals surface area contributed by atoms with Crippen LogP contribution in [0.4, 0.5) is 5.69 Å². The van der Waals surface area contributed by atoms with Crippen LogP contribution in [-0.2, 0) is 0 Å². The van der Waals surface area contributed by atoms with Crippen LogP contribution in [0, 0.1) is 11.3 Å². The molecular weight excluding hydrogens is 542 g/mol. The highest BCUT2D eigenvalue weighted by molar-refractivity contribution is 6.36. The average Bonchev–Trinajstić information content (AvgIpc) is 3.56. The number of nitrogens with zero attached hydrogens (tertiary/aromatic N) is 3. The molecule has 2 heterocycles. The van der Waals surface area contributed by atoms with Crippen molar-refractivity contribution in [1.29, 1.82) is 5.26 Å². The summed E-state index contributed by atoms with van der Waals surface area (Å²) >= 11 is 0. The number of imide groups is 1. The second-order valence-electron chi connectivity index (χ2n) is 10.8. The number of rotatable bonds is 4.